The summed E-state index contributed by atoms with van der Waals surface area (Å²) in [5.74, 6) is -1.13. The number of fused-ring (bicyclic) bond motifs is 1. The van der Waals surface area contributed by atoms with Crippen LogP contribution in [0.3, 0.4) is 0 Å². The largest absolute Gasteiger partial charge is 0.481 e. The third-order valence-corrected chi connectivity index (χ3v) is 5.63. The molecule has 0 spiro atoms. The summed E-state index contributed by atoms with van der Waals surface area (Å²) in [5.41, 5.74) is 8.62. The standard InChI is InChI=1S/C26H24N2O6/c27-25(31)21(11-13-24(29)30)28(15-17-6-12-22-23(14-17)34-16-33-22)26(32)20-9-7-19(8-10-20)18-4-2-1-3-5-18/h1-10,12,14,21H,11,13,15-16H2,(H2,27,31)(H,29,30)/t21-/m0/s1. The summed E-state index contributed by atoms with van der Waals surface area (Å²) in [6, 6.07) is 20.9. The van der Waals surface area contributed by atoms with Crippen molar-refractivity contribution in [3.05, 3.63) is 83.9 Å². The van der Waals surface area contributed by atoms with E-state index in [4.69, 9.17) is 20.3 Å². The summed E-state index contributed by atoms with van der Waals surface area (Å²) >= 11 is 0. The third-order valence-electron chi connectivity index (χ3n) is 5.63. The highest BCUT2D eigenvalue weighted by Gasteiger charge is 2.30. The Labute approximate surface area is 196 Å². The zero-order valence-corrected chi connectivity index (χ0v) is 18.3. The highest BCUT2D eigenvalue weighted by molar-refractivity contribution is 5.97. The number of nitrogens with zero attached hydrogens (tertiary/aromatic N) is 1. The van der Waals surface area contributed by atoms with Gasteiger partial charge >= 0.3 is 5.97 Å². The summed E-state index contributed by atoms with van der Waals surface area (Å²) < 4.78 is 10.7. The molecular formula is C26H24N2O6. The molecule has 174 valence electrons. The molecule has 0 unspecified atom stereocenters. The minimum absolute atomic E-state index is 0.0448. The first kappa shape index (κ1) is 22.8. The van der Waals surface area contributed by atoms with Gasteiger partial charge in [-0.15, -0.1) is 0 Å². The number of carbonyl (C=O) groups is 3. The molecule has 8 heteroatoms. The van der Waals surface area contributed by atoms with Gasteiger partial charge in [-0.05, 0) is 47.4 Å². The highest BCUT2D eigenvalue weighted by Crippen LogP contribution is 2.33. The van der Waals surface area contributed by atoms with Crippen LogP contribution in [0.1, 0.15) is 28.8 Å². The highest BCUT2D eigenvalue weighted by atomic mass is 16.7. The van der Waals surface area contributed by atoms with Gasteiger partial charge in [0, 0.05) is 18.5 Å². The van der Waals surface area contributed by atoms with Crippen molar-refractivity contribution in [2.75, 3.05) is 6.79 Å². The van der Waals surface area contributed by atoms with Gasteiger partial charge in [0.2, 0.25) is 12.7 Å². The van der Waals surface area contributed by atoms with Crippen LogP contribution in [0.5, 0.6) is 11.5 Å². The average molecular weight is 460 g/mol. The molecule has 1 aliphatic rings. The lowest BCUT2D eigenvalue weighted by Gasteiger charge is -2.30. The van der Waals surface area contributed by atoms with E-state index >= 15 is 0 Å². The van der Waals surface area contributed by atoms with Gasteiger partial charge in [-0.25, -0.2) is 0 Å². The molecule has 1 atom stereocenters. The number of nitrogens with two attached hydrogens (primary N) is 1. The zero-order valence-electron chi connectivity index (χ0n) is 18.3. The fourth-order valence-corrected chi connectivity index (χ4v) is 3.87. The number of amides is 2. The van der Waals surface area contributed by atoms with Crippen molar-refractivity contribution in [1.29, 1.82) is 0 Å². The molecule has 2 amide bonds. The molecule has 1 aliphatic heterocycles. The van der Waals surface area contributed by atoms with Gasteiger partial charge in [0.1, 0.15) is 6.04 Å². The van der Waals surface area contributed by atoms with Crippen LogP contribution in [0, 0.1) is 0 Å². The zero-order chi connectivity index (χ0) is 24.1. The van der Waals surface area contributed by atoms with Crippen molar-refractivity contribution < 1.29 is 29.0 Å². The van der Waals surface area contributed by atoms with Crippen LogP contribution in [-0.2, 0) is 16.1 Å². The number of hydrogen-bond donors (Lipinski definition) is 2. The minimum atomic E-state index is -1.09. The Kier molecular flexibility index (Phi) is 6.77. The Bertz CT molecular complexity index is 1190. The number of benzene rings is 3. The summed E-state index contributed by atoms with van der Waals surface area (Å²) in [5, 5.41) is 9.13. The van der Waals surface area contributed by atoms with Crippen molar-refractivity contribution in [1.82, 2.24) is 4.90 Å². The molecule has 1 heterocycles. The lowest BCUT2D eigenvalue weighted by Crippen LogP contribution is -2.47. The van der Waals surface area contributed by atoms with E-state index in [-0.39, 0.29) is 26.2 Å². The molecule has 0 radical (unpaired) electrons. The van der Waals surface area contributed by atoms with Gasteiger partial charge in [0.25, 0.3) is 5.91 Å². The normalized spacial score (nSPS) is 12.7. The van der Waals surface area contributed by atoms with E-state index in [0.29, 0.717) is 22.6 Å². The second-order valence-corrected chi connectivity index (χ2v) is 7.91. The second-order valence-electron chi connectivity index (χ2n) is 7.91. The van der Waals surface area contributed by atoms with Crippen molar-refractivity contribution in [2.45, 2.75) is 25.4 Å². The van der Waals surface area contributed by atoms with Gasteiger partial charge in [-0.2, -0.15) is 0 Å². The van der Waals surface area contributed by atoms with Gasteiger partial charge in [0.05, 0.1) is 0 Å². The van der Waals surface area contributed by atoms with E-state index in [1.807, 2.05) is 42.5 Å². The molecule has 0 bridgehead atoms. The molecule has 8 nitrogen and oxygen atoms in total. The number of hydrogen-bond acceptors (Lipinski definition) is 5. The van der Waals surface area contributed by atoms with Crippen molar-refractivity contribution in [3.8, 4) is 22.6 Å². The van der Waals surface area contributed by atoms with Gasteiger partial charge in [-0.3, -0.25) is 14.4 Å². The van der Waals surface area contributed by atoms with E-state index in [0.717, 1.165) is 11.1 Å². The molecule has 3 aromatic carbocycles. The van der Waals surface area contributed by atoms with Crippen LogP contribution in [0.2, 0.25) is 0 Å². The Balaban J connectivity index is 1.64. The number of ether oxygens (including phenoxy) is 2. The summed E-state index contributed by atoms with van der Waals surface area (Å²) in [4.78, 5) is 38.3. The number of carboxylic acid groups (broad SMARTS) is 1. The lowest BCUT2D eigenvalue weighted by molar-refractivity contribution is -0.137. The monoisotopic (exact) mass is 460 g/mol. The number of carbonyl (C=O) groups excluding carboxylic acids is 2. The molecule has 4 rings (SSSR count). The van der Waals surface area contributed by atoms with Crippen LogP contribution >= 0.6 is 0 Å². The lowest BCUT2D eigenvalue weighted by atomic mass is 10.0. The molecule has 3 aromatic rings. The Morgan fingerprint density at radius 2 is 1.59 bits per heavy atom. The quantitative estimate of drug-likeness (QED) is 0.505. The Morgan fingerprint density at radius 1 is 0.912 bits per heavy atom. The van der Waals surface area contributed by atoms with Gasteiger partial charge in [-0.1, -0.05) is 48.5 Å². The SMILES string of the molecule is NC(=O)[C@H](CCC(=O)O)N(Cc1ccc2c(c1)OCO2)C(=O)c1ccc(-c2ccccc2)cc1. The number of aliphatic carboxylic acids is 1. The molecule has 0 fully saturated rings. The predicted molar refractivity (Wildman–Crippen MR) is 124 cm³/mol. The van der Waals surface area contributed by atoms with E-state index in [9.17, 15) is 14.4 Å². The maximum Gasteiger partial charge on any atom is 0.303 e. The summed E-state index contributed by atoms with van der Waals surface area (Å²) in [6.45, 7) is 0.154. The first-order chi connectivity index (χ1) is 16.4. The number of carboxylic acids is 1. The van der Waals surface area contributed by atoms with Crippen molar-refractivity contribution >= 4 is 17.8 Å². The minimum Gasteiger partial charge on any atom is -0.481 e. The third kappa shape index (κ3) is 5.17. The average Bonchev–Trinajstić information content (AvgIpc) is 3.31. The van der Waals surface area contributed by atoms with Crippen LogP contribution < -0.4 is 15.2 Å². The smallest absolute Gasteiger partial charge is 0.303 e. The van der Waals surface area contributed by atoms with E-state index in [1.165, 1.54) is 4.90 Å². The van der Waals surface area contributed by atoms with E-state index < -0.39 is 23.8 Å². The topological polar surface area (TPSA) is 119 Å². The maximum atomic E-state index is 13.5. The molecule has 3 N–H and O–H groups in total. The molecule has 0 saturated carbocycles. The Morgan fingerprint density at radius 3 is 2.26 bits per heavy atom. The number of primary amides is 1. The van der Waals surface area contributed by atoms with Crippen LogP contribution in [0.15, 0.2) is 72.8 Å². The van der Waals surface area contributed by atoms with Crippen molar-refractivity contribution in [3.63, 3.8) is 0 Å². The van der Waals surface area contributed by atoms with Crippen LogP contribution in [-0.4, -0.2) is 40.6 Å². The molecular weight excluding hydrogens is 436 g/mol. The first-order valence-corrected chi connectivity index (χ1v) is 10.8. The van der Waals surface area contributed by atoms with Crippen LogP contribution in [0.4, 0.5) is 0 Å². The fraction of sp³-hybridized carbons (Fsp3) is 0.192. The van der Waals surface area contributed by atoms with Gasteiger partial charge < -0.3 is 25.2 Å². The molecule has 0 aromatic heterocycles. The second kappa shape index (κ2) is 10.1. The fourth-order valence-electron chi connectivity index (χ4n) is 3.87. The molecule has 34 heavy (non-hydrogen) atoms. The van der Waals surface area contributed by atoms with Gasteiger partial charge in [0.15, 0.2) is 11.5 Å². The summed E-state index contributed by atoms with van der Waals surface area (Å²) in [7, 11) is 0. The summed E-state index contributed by atoms with van der Waals surface area (Å²) in [6.07, 6.45) is -0.394. The maximum absolute atomic E-state index is 13.5. The Hall–Kier alpha value is -4.33. The van der Waals surface area contributed by atoms with E-state index in [1.54, 1.807) is 30.3 Å². The van der Waals surface area contributed by atoms with E-state index in [2.05, 4.69) is 0 Å². The molecule has 0 aliphatic carbocycles. The predicted octanol–water partition coefficient (Wildman–Crippen LogP) is 3.44. The number of rotatable bonds is 9. The van der Waals surface area contributed by atoms with Crippen molar-refractivity contribution in [2.24, 2.45) is 5.73 Å². The first-order valence-electron chi connectivity index (χ1n) is 10.8. The van der Waals surface area contributed by atoms with Crippen LogP contribution in [0.25, 0.3) is 11.1 Å². The molecule has 0 saturated heterocycles.